The highest BCUT2D eigenvalue weighted by Crippen LogP contribution is 2.11. The molecule has 25 heavy (non-hydrogen) atoms. The second kappa shape index (κ2) is 7.37. The van der Waals surface area contributed by atoms with Gasteiger partial charge in [-0.05, 0) is 24.3 Å². The molecule has 1 saturated heterocycles. The van der Waals surface area contributed by atoms with E-state index in [0.29, 0.717) is 13.2 Å². The minimum atomic E-state index is -0.0888. The van der Waals surface area contributed by atoms with E-state index in [4.69, 9.17) is 9.47 Å². The number of aryl methyl sites for hydroxylation is 1. The number of benzene rings is 2. The number of H-pyrrole nitrogens is 1. The molecular formula is C17H18N6O2. The Balaban J connectivity index is 0.000000147. The number of rotatable bonds is 3. The number of ether oxygens (including phenoxy) is 2. The van der Waals surface area contributed by atoms with E-state index in [-0.39, 0.29) is 6.29 Å². The van der Waals surface area contributed by atoms with Crippen molar-refractivity contribution in [3.05, 3.63) is 48.5 Å². The lowest BCUT2D eigenvalue weighted by atomic mass is 10.3. The van der Waals surface area contributed by atoms with Crippen LogP contribution >= 0.6 is 0 Å². The molecule has 1 N–H and O–H groups in total. The number of para-hydroxylation sites is 2. The van der Waals surface area contributed by atoms with Crippen molar-refractivity contribution in [2.24, 2.45) is 0 Å². The van der Waals surface area contributed by atoms with E-state index in [9.17, 15) is 0 Å². The zero-order valence-electron chi connectivity index (χ0n) is 13.6. The predicted molar refractivity (Wildman–Crippen MR) is 91.7 cm³/mol. The van der Waals surface area contributed by atoms with Crippen LogP contribution in [-0.4, -0.2) is 49.9 Å². The van der Waals surface area contributed by atoms with Crippen molar-refractivity contribution in [1.29, 1.82) is 0 Å². The summed E-state index contributed by atoms with van der Waals surface area (Å²) < 4.78 is 10.7. The van der Waals surface area contributed by atoms with Gasteiger partial charge < -0.3 is 9.47 Å². The Kier molecular flexibility index (Phi) is 4.62. The van der Waals surface area contributed by atoms with E-state index >= 15 is 0 Å². The third kappa shape index (κ3) is 3.81. The lowest BCUT2D eigenvalue weighted by Gasteiger charge is -2.07. The van der Waals surface area contributed by atoms with Crippen LogP contribution in [0.5, 0.6) is 0 Å². The first-order valence-corrected chi connectivity index (χ1v) is 8.17. The van der Waals surface area contributed by atoms with Gasteiger partial charge in [-0.25, -0.2) is 0 Å². The van der Waals surface area contributed by atoms with E-state index in [1.54, 1.807) is 4.80 Å². The fourth-order valence-electron chi connectivity index (χ4n) is 2.59. The van der Waals surface area contributed by atoms with Crippen LogP contribution in [0.25, 0.3) is 22.1 Å². The zero-order chi connectivity index (χ0) is 16.9. The van der Waals surface area contributed by atoms with Gasteiger partial charge in [-0.3, -0.25) is 0 Å². The van der Waals surface area contributed by atoms with Crippen LogP contribution in [0.15, 0.2) is 48.5 Å². The maximum absolute atomic E-state index is 5.36. The molecule has 0 atom stereocenters. The summed E-state index contributed by atoms with van der Waals surface area (Å²) >= 11 is 0. The first kappa shape index (κ1) is 15.7. The molecule has 0 amide bonds. The minimum Gasteiger partial charge on any atom is -0.350 e. The Labute approximate surface area is 143 Å². The molecular weight excluding hydrogens is 320 g/mol. The maximum atomic E-state index is 5.36. The van der Waals surface area contributed by atoms with Gasteiger partial charge >= 0.3 is 0 Å². The molecule has 0 radical (unpaired) electrons. The molecule has 0 bridgehead atoms. The number of nitrogens with one attached hydrogen (secondary N) is 1. The zero-order valence-corrected chi connectivity index (χ0v) is 13.6. The van der Waals surface area contributed by atoms with Gasteiger partial charge in [-0.1, -0.05) is 24.3 Å². The lowest BCUT2D eigenvalue weighted by Crippen LogP contribution is -2.13. The summed E-state index contributed by atoms with van der Waals surface area (Å²) in [4.78, 5) is 1.70. The number of aromatic amines is 1. The van der Waals surface area contributed by atoms with Crippen LogP contribution in [-0.2, 0) is 16.0 Å². The summed E-state index contributed by atoms with van der Waals surface area (Å²) in [5, 5.41) is 19.0. The normalized spacial score (nSPS) is 14.7. The molecule has 128 valence electrons. The van der Waals surface area contributed by atoms with Gasteiger partial charge in [-0.15, -0.1) is 0 Å². The summed E-state index contributed by atoms with van der Waals surface area (Å²) in [6.07, 6.45) is 0.704. The standard InChI is InChI=1S/C11H13N3O2.C6H5N3/c1-2-4-10-9(3-1)12-14(13-10)6-5-11-15-7-8-16-11;1-2-4-6-5(3-1)7-9-8-6/h1-4,11H,5-8H2;1-4H,(H,7,8,9). The van der Waals surface area contributed by atoms with Crippen molar-refractivity contribution in [1.82, 2.24) is 30.4 Å². The summed E-state index contributed by atoms with van der Waals surface area (Å²) in [7, 11) is 0. The van der Waals surface area contributed by atoms with Gasteiger partial charge in [0.1, 0.15) is 22.1 Å². The molecule has 2 aromatic carbocycles. The van der Waals surface area contributed by atoms with Gasteiger partial charge in [0.05, 0.1) is 19.8 Å². The number of hydrogen-bond donors (Lipinski definition) is 1. The Hall–Kier alpha value is -2.84. The quantitative estimate of drug-likeness (QED) is 0.615. The largest absolute Gasteiger partial charge is 0.350 e. The topological polar surface area (TPSA) is 90.7 Å². The fraction of sp³-hybridized carbons (Fsp3) is 0.294. The highest BCUT2D eigenvalue weighted by Gasteiger charge is 2.16. The lowest BCUT2D eigenvalue weighted by molar-refractivity contribution is -0.0501. The van der Waals surface area contributed by atoms with E-state index in [2.05, 4.69) is 25.6 Å². The third-order valence-electron chi connectivity index (χ3n) is 3.81. The van der Waals surface area contributed by atoms with Crippen LogP contribution in [0.2, 0.25) is 0 Å². The van der Waals surface area contributed by atoms with Crippen LogP contribution in [0.1, 0.15) is 6.42 Å². The average Bonchev–Trinajstić information content (AvgIpc) is 3.39. The second-order valence-electron chi connectivity index (χ2n) is 5.56. The Morgan fingerprint density at radius 1 is 0.840 bits per heavy atom. The Morgan fingerprint density at radius 2 is 1.36 bits per heavy atom. The summed E-state index contributed by atoms with van der Waals surface area (Å²) in [6.45, 7) is 2.11. The van der Waals surface area contributed by atoms with Crippen LogP contribution in [0, 0.1) is 0 Å². The molecule has 8 heteroatoms. The smallest absolute Gasteiger partial charge is 0.159 e. The highest BCUT2D eigenvalue weighted by molar-refractivity contribution is 5.73. The molecule has 0 unspecified atom stereocenters. The molecule has 4 aromatic rings. The fourth-order valence-corrected chi connectivity index (χ4v) is 2.59. The van der Waals surface area contributed by atoms with Gasteiger partial charge in [0.15, 0.2) is 6.29 Å². The first-order chi connectivity index (χ1) is 12.4. The average molecular weight is 338 g/mol. The van der Waals surface area contributed by atoms with Crippen molar-refractivity contribution < 1.29 is 9.47 Å². The number of fused-ring (bicyclic) bond motifs is 2. The predicted octanol–water partition coefficient (Wildman–Crippen LogP) is 2.15. The van der Waals surface area contributed by atoms with E-state index < -0.39 is 0 Å². The first-order valence-electron chi connectivity index (χ1n) is 8.17. The molecule has 1 fully saturated rings. The molecule has 1 aliphatic heterocycles. The molecule has 5 rings (SSSR count). The summed E-state index contributed by atoms with van der Waals surface area (Å²) in [5.74, 6) is 0. The molecule has 2 aromatic heterocycles. The highest BCUT2D eigenvalue weighted by atomic mass is 16.7. The second-order valence-corrected chi connectivity index (χ2v) is 5.56. The molecule has 1 aliphatic rings. The molecule has 0 aliphatic carbocycles. The minimum absolute atomic E-state index is 0.0888. The summed E-state index contributed by atoms with van der Waals surface area (Å²) in [5.41, 5.74) is 3.68. The van der Waals surface area contributed by atoms with E-state index in [0.717, 1.165) is 35.0 Å². The van der Waals surface area contributed by atoms with Crippen molar-refractivity contribution in [3.63, 3.8) is 0 Å². The number of nitrogens with zero attached hydrogens (tertiary/aromatic N) is 5. The Bertz CT molecular complexity index is 881. The molecule has 3 heterocycles. The van der Waals surface area contributed by atoms with Gasteiger partial charge in [0.25, 0.3) is 0 Å². The van der Waals surface area contributed by atoms with Crippen LogP contribution < -0.4 is 0 Å². The maximum Gasteiger partial charge on any atom is 0.159 e. The SMILES string of the molecule is c1ccc2n[nH]nc2c1.c1ccc2nn(CCC3OCCO3)nc2c1. The van der Waals surface area contributed by atoms with Crippen molar-refractivity contribution in [2.75, 3.05) is 13.2 Å². The van der Waals surface area contributed by atoms with E-state index in [1.165, 1.54) is 0 Å². The molecule has 0 saturated carbocycles. The Morgan fingerprint density at radius 3 is 1.92 bits per heavy atom. The molecule has 8 nitrogen and oxygen atoms in total. The van der Waals surface area contributed by atoms with Crippen molar-refractivity contribution in [3.8, 4) is 0 Å². The molecule has 0 spiro atoms. The number of hydrogen-bond acceptors (Lipinski definition) is 6. The van der Waals surface area contributed by atoms with Gasteiger partial charge in [-0.2, -0.15) is 30.4 Å². The van der Waals surface area contributed by atoms with Crippen LogP contribution in [0.4, 0.5) is 0 Å². The van der Waals surface area contributed by atoms with Gasteiger partial charge in [0.2, 0.25) is 0 Å². The monoisotopic (exact) mass is 338 g/mol. The third-order valence-corrected chi connectivity index (χ3v) is 3.81. The van der Waals surface area contributed by atoms with Crippen molar-refractivity contribution >= 4 is 22.1 Å². The number of aromatic nitrogens is 6. The van der Waals surface area contributed by atoms with E-state index in [1.807, 2.05) is 48.5 Å². The van der Waals surface area contributed by atoms with Crippen LogP contribution in [0.3, 0.4) is 0 Å². The summed E-state index contributed by atoms with van der Waals surface area (Å²) in [6, 6.07) is 15.5. The van der Waals surface area contributed by atoms with Crippen molar-refractivity contribution in [2.45, 2.75) is 19.3 Å². The van der Waals surface area contributed by atoms with Gasteiger partial charge in [0, 0.05) is 6.42 Å².